The number of aromatic nitrogens is 2. The number of piperidine rings is 1. The molecule has 4 aromatic rings. The van der Waals surface area contributed by atoms with Crippen molar-refractivity contribution in [2.24, 2.45) is 5.92 Å². The molecule has 1 saturated heterocycles. The molecule has 0 bridgehead atoms. The topological polar surface area (TPSA) is 50.2 Å². The van der Waals surface area contributed by atoms with E-state index < -0.39 is 0 Å². The molecule has 5 nitrogen and oxygen atoms in total. The highest BCUT2D eigenvalue weighted by atomic mass is 79.9. The largest absolute Gasteiger partial charge is 0.325 e. The smallest absolute Gasteiger partial charge is 0.227 e. The number of aryl methyl sites for hydroxylation is 2. The Hall–Kier alpha value is -2.96. The Morgan fingerprint density at radius 3 is 2.44 bits per heavy atom. The van der Waals surface area contributed by atoms with E-state index in [2.05, 4.69) is 67.1 Å². The van der Waals surface area contributed by atoms with Gasteiger partial charge in [-0.3, -0.25) is 14.3 Å². The molecular weight excluding hydrogens is 488 g/mol. The van der Waals surface area contributed by atoms with Crippen LogP contribution in [-0.4, -0.2) is 33.4 Å². The number of likely N-dealkylation sites (tertiary alicyclic amines) is 1. The van der Waals surface area contributed by atoms with Crippen molar-refractivity contribution >= 4 is 38.6 Å². The minimum absolute atomic E-state index is 0.0409. The molecule has 1 fully saturated rings. The Kier molecular flexibility index (Phi) is 6.53. The molecule has 0 unspecified atom stereocenters. The van der Waals surface area contributed by atoms with Gasteiger partial charge in [0.05, 0.1) is 17.6 Å². The summed E-state index contributed by atoms with van der Waals surface area (Å²) in [6.45, 7) is 6.61. The Bertz CT molecular complexity index is 1320. The summed E-state index contributed by atoms with van der Waals surface area (Å²) in [5.41, 5.74) is 6.38. The molecule has 1 aliphatic rings. The van der Waals surface area contributed by atoms with Gasteiger partial charge in [-0.2, -0.15) is 0 Å². The number of carbonyl (C=O) groups is 1. The lowest BCUT2D eigenvalue weighted by Gasteiger charge is -2.31. The van der Waals surface area contributed by atoms with Gasteiger partial charge in [0.25, 0.3) is 0 Å². The fourth-order valence-electron chi connectivity index (χ4n) is 4.88. The SMILES string of the molecule is Cc1cccc(C)c1NC(=O)C1CCN(Cc2nc3ccccc3n2-c2cccc(Br)c2)CC1. The number of imidazole rings is 1. The molecule has 0 radical (unpaired) electrons. The summed E-state index contributed by atoms with van der Waals surface area (Å²) < 4.78 is 3.30. The number of hydrogen-bond donors (Lipinski definition) is 1. The molecule has 174 valence electrons. The maximum atomic E-state index is 13.0. The van der Waals surface area contributed by atoms with Gasteiger partial charge in [0, 0.05) is 21.8 Å². The first-order valence-corrected chi connectivity index (χ1v) is 12.6. The predicted molar refractivity (Wildman–Crippen MR) is 141 cm³/mol. The molecule has 1 N–H and O–H groups in total. The molecule has 1 amide bonds. The van der Waals surface area contributed by atoms with Gasteiger partial charge < -0.3 is 5.32 Å². The van der Waals surface area contributed by atoms with Crippen LogP contribution in [0.15, 0.2) is 71.2 Å². The lowest BCUT2D eigenvalue weighted by Crippen LogP contribution is -2.38. The molecule has 5 rings (SSSR count). The van der Waals surface area contributed by atoms with Gasteiger partial charge in [-0.1, -0.05) is 52.3 Å². The summed E-state index contributed by atoms with van der Waals surface area (Å²) in [5, 5.41) is 3.19. The van der Waals surface area contributed by atoms with Crippen molar-refractivity contribution in [2.45, 2.75) is 33.2 Å². The molecule has 0 saturated carbocycles. The van der Waals surface area contributed by atoms with Crippen molar-refractivity contribution in [2.75, 3.05) is 18.4 Å². The first-order chi connectivity index (χ1) is 16.5. The fourth-order valence-corrected chi connectivity index (χ4v) is 5.26. The number of nitrogens with one attached hydrogen (secondary N) is 1. The van der Waals surface area contributed by atoms with E-state index in [-0.39, 0.29) is 11.8 Å². The van der Waals surface area contributed by atoms with E-state index in [0.717, 1.165) is 76.3 Å². The van der Waals surface area contributed by atoms with Gasteiger partial charge in [-0.25, -0.2) is 4.98 Å². The Balaban J connectivity index is 1.30. The Morgan fingerprint density at radius 1 is 1.00 bits per heavy atom. The maximum Gasteiger partial charge on any atom is 0.227 e. The third kappa shape index (κ3) is 4.65. The van der Waals surface area contributed by atoms with Crippen LogP contribution in [0, 0.1) is 19.8 Å². The number of benzene rings is 3. The first kappa shape index (κ1) is 22.8. The van der Waals surface area contributed by atoms with Crippen molar-refractivity contribution in [3.63, 3.8) is 0 Å². The van der Waals surface area contributed by atoms with Gasteiger partial charge in [-0.15, -0.1) is 0 Å². The molecule has 3 aromatic carbocycles. The van der Waals surface area contributed by atoms with Crippen molar-refractivity contribution < 1.29 is 4.79 Å². The van der Waals surface area contributed by atoms with Gasteiger partial charge in [0.2, 0.25) is 5.91 Å². The van der Waals surface area contributed by atoms with Crippen LogP contribution in [0.1, 0.15) is 29.8 Å². The fraction of sp³-hybridized carbons (Fsp3) is 0.286. The maximum absolute atomic E-state index is 13.0. The standard InChI is InChI=1S/C28H29BrN4O/c1-19-7-5-8-20(2)27(19)31-28(34)21-13-15-32(16-14-21)18-26-30-24-11-3-4-12-25(24)33(26)23-10-6-9-22(29)17-23/h3-12,17,21H,13-16,18H2,1-2H3,(H,31,34). The zero-order chi connectivity index (χ0) is 23.7. The van der Waals surface area contributed by atoms with E-state index in [0.29, 0.717) is 0 Å². The Morgan fingerprint density at radius 2 is 1.71 bits per heavy atom. The van der Waals surface area contributed by atoms with Crippen LogP contribution in [0.4, 0.5) is 5.69 Å². The lowest BCUT2D eigenvalue weighted by atomic mass is 9.95. The first-order valence-electron chi connectivity index (χ1n) is 11.8. The molecular formula is C28H29BrN4O. The Labute approximate surface area is 208 Å². The zero-order valence-electron chi connectivity index (χ0n) is 19.6. The second-order valence-electron chi connectivity index (χ2n) is 9.14. The van der Waals surface area contributed by atoms with Crippen LogP contribution in [0.3, 0.4) is 0 Å². The van der Waals surface area contributed by atoms with E-state index in [1.54, 1.807) is 0 Å². The summed E-state index contributed by atoms with van der Waals surface area (Å²) in [5.74, 6) is 1.20. The highest BCUT2D eigenvalue weighted by Gasteiger charge is 2.27. The van der Waals surface area contributed by atoms with E-state index >= 15 is 0 Å². The second-order valence-corrected chi connectivity index (χ2v) is 10.1. The monoisotopic (exact) mass is 516 g/mol. The number of carbonyl (C=O) groups excluding carboxylic acids is 1. The number of fused-ring (bicyclic) bond motifs is 1. The predicted octanol–water partition coefficient (Wildman–Crippen LogP) is 6.26. The van der Waals surface area contributed by atoms with E-state index in [9.17, 15) is 4.79 Å². The van der Waals surface area contributed by atoms with Crippen LogP contribution in [0.2, 0.25) is 0 Å². The third-order valence-corrected chi connectivity index (χ3v) is 7.24. The van der Waals surface area contributed by atoms with Crippen LogP contribution in [0.25, 0.3) is 16.7 Å². The number of anilines is 1. The van der Waals surface area contributed by atoms with E-state index in [4.69, 9.17) is 4.98 Å². The average molecular weight is 517 g/mol. The van der Waals surface area contributed by atoms with Gasteiger partial charge in [0.15, 0.2) is 0 Å². The third-order valence-electron chi connectivity index (χ3n) is 6.75. The summed E-state index contributed by atoms with van der Waals surface area (Å²) >= 11 is 3.61. The highest BCUT2D eigenvalue weighted by Crippen LogP contribution is 2.27. The van der Waals surface area contributed by atoms with Gasteiger partial charge in [0.1, 0.15) is 5.82 Å². The molecule has 2 heterocycles. The molecule has 0 atom stereocenters. The second kappa shape index (κ2) is 9.72. The van der Waals surface area contributed by atoms with Crippen LogP contribution < -0.4 is 5.32 Å². The van der Waals surface area contributed by atoms with Gasteiger partial charge >= 0.3 is 0 Å². The number of nitrogens with zero attached hydrogens (tertiary/aromatic N) is 3. The lowest BCUT2D eigenvalue weighted by molar-refractivity contribution is -0.121. The van der Waals surface area contributed by atoms with Crippen molar-refractivity contribution in [1.82, 2.24) is 14.5 Å². The number of rotatable bonds is 5. The van der Waals surface area contributed by atoms with E-state index in [1.807, 2.05) is 44.2 Å². The van der Waals surface area contributed by atoms with Crippen molar-refractivity contribution in [3.05, 3.63) is 88.2 Å². The number of para-hydroxylation sites is 3. The van der Waals surface area contributed by atoms with Crippen LogP contribution in [0.5, 0.6) is 0 Å². The zero-order valence-corrected chi connectivity index (χ0v) is 21.2. The quantitative estimate of drug-likeness (QED) is 0.340. The number of amides is 1. The summed E-state index contributed by atoms with van der Waals surface area (Å²) in [6.07, 6.45) is 1.71. The molecule has 1 aromatic heterocycles. The summed E-state index contributed by atoms with van der Waals surface area (Å²) in [6, 6.07) is 22.7. The highest BCUT2D eigenvalue weighted by molar-refractivity contribution is 9.10. The minimum atomic E-state index is 0.0409. The minimum Gasteiger partial charge on any atom is -0.325 e. The number of hydrogen-bond acceptors (Lipinski definition) is 3. The average Bonchev–Trinajstić information content (AvgIpc) is 3.19. The molecule has 34 heavy (non-hydrogen) atoms. The molecule has 1 aliphatic heterocycles. The van der Waals surface area contributed by atoms with E-state index in [1.165, 1.54) is 0 Å². The molecule has 6 heteroatoms. The van der Waals surface area contributed by atoms with Gasteiger partial charge in [-0.05, 0) is 81.2 Å². The van der Waals surface area contributed by atoms with Crippen LogP contribution in [-0.2, 0) is 11.3 Å². The van der Waals surface area contributed by atoms with Crippen molar-refractivity contribution in [3.8, 4) is 5.69 Å². The summed E-state index contributed by atoms with van der Waals surface area (Å²) in [4.78, 5) is 20.4. The normalized spacial score (nSPS) is 15.0. The summed E-state index contributed by atoms with van der Waals surface area (Å²) in [7, 11) is 0. The molecule has 0 spiro atoms. The molecule has 0 aliphatic carbocycles. The van der Waals surface area contributed by atoms with Crippen molar-refractivity contribution in [1.29, 1.82) is 0 Å². The number of halogens is 1. The van der Waals surface area contributed by atoms with Crippen LogP contribution >= 0.6 is 15.9 Å².